The summed E-state index contributed by atoms with van der Waals surface area (Å²) in [6.45, 7) is 2.04. The zero-order valence-corrected chi connectivity index (χ0v) is 20.0. The first kappa shape index (κ1) is 21.8. The first-order chi connectivity index (χ1) is 16.6. The third-order valence-corrected chi connectivity index (χ3v) is 5.98. The van der Waals surface area contributed by atoms with Crippen LogP contribution >= 0.6 is 15.9 Å². The van der Waals surface area contributed by atoms with E-state index < -0.39 is 0 Å². The lowest BCUT2D eigenvalue weighted by atomic mass is 10.0. The fourth-order valence-electron chi connectivity index (χ4n) is 3.90. The Labute approximate surface area is 205 Å². The van der Waals surface area contributed by atoms with Gasteiger partial charge in [-0.1, -0.05) is 82.7 Å². The number of hydrazone groups is 1. The molecule has 0 radical (unpaired) electrons. The molecule has 1 amide bonds. The Balaban J connectivity index is 1.55. The van der Waals surface area contributed by atoms with Gasteiger partial charge in [0.15, 0.2) is 5.69 Å². The van der Waals surface area contributed by atoms with Crippen molar-refractivity contribution in [2.75, 3.05) is 0 Å². The van der Waals surface area contributed by atoms with Gasteiger partial charge >= 0.3 is 0 Å². The molecule has 0 aliphatic rings. The minimum atomic E-state index is -0.376. The third kappa shape index (κ3) is 4.54. The van der Waals surface area contributed by atoms with Crippen LogP contribution in [0.2, 0.25) is 0 Å². The average Bonchev–Trinajstić information content (AvgIpc) is 3.29. The summed E-state index contributed by atoms with van der Waals surface area (Å²) >= 11 is 3.44. The van der Waals surface area contributed by atoms with Gasteiger partial charge in [0.25, 0.3) is 5.91 Å². The number of fused-ring (bicyclic) bond motifs is 1. The molecule has 6 heteroatoms. The number of aryl methyl sites for hydroxylation is 1. The molecule has 166 valence electrons. The minimum Gasteiger partial charge on any atom is -0.265 e. The van der Waals surface area contributed by atoms with Crippen LogP contribution in [0.4, 0.5) is 0 Å². The molecule has 0 fully saturated rings. The zero-order valence-electron chi connectivity index (χ0n) is 18.4. The molecular formula is C28H21BrN4O. The summed E-state index contributed by atoms with van der Waals surface area (Å²) in [5.74, 6) is -0.376. The van der Waals surface area contributed by atoms with Crippen molar-refractivity contribution in [1.29, 1.82) is 0 Å². The minimum absolute atomic E-state index is 0.288. The van der Waals surface area contributed by atoms with Crippen molar-refractivity contribution >= 4 is 38.8 Å². The van der Waals surface area contributed by atoms with Crippen LogP contribution in [-0.4, -0.2) is 21.9 Å². The van der Waals surface area contributed by atoms with E-state index in [0.717, 1.165) is 43.3 Å². The first-order valence-corrected chi connectivity index (χ1v) is 11.6. The van der Waals surface area contributed by atoms with E-state index in [1.165, 1.54) is 0 Å². The number of amides is 1. The van der Waals surface area contributed by atoms with Crippen LogP contribution < -0.4 is 5.43 Å². The smallest absolute Gasteiger partial charge is 0.265 e. The second-order valence-electron chi connectivity index (χ2n) is 7.95. The maximum atomic E-state index is 13.0. The zero-order chi connectivity index (χ0) is 23.5. The second-order valence-corrected chi connectivity index (χ2v) is 8.86. The first-order valence-electron chi connectivity index (χ1n) is 10.8. The Morgan fingerprint density at radius 1 is 0.941 bits per heavy atom. The maximum Gasteiger partial charge on any atom is 0.291 e. The summed E-state index contributed by atoms with van der Waals surface area (Å²) in [5, 5.41) is 11.0. The SMILES string of the molecule is Cc1cccc(-n2nc(C(=O)N/N=C\c3cccc(Br)c3)cc2-c2cccc3ccccc23)c1. The van der Waals surface area contributed by atoms with E-state index in [4.69, 9.17) is 0 Å². The quantitative estimate of drug-likeness (QED) is 0.216. The molecule has 0 bridgehead atoms. The van der Waals surface area contributed by atoms with Gasteiger partial charge in [0.1, 0.15) is 0 Å². The number of rotatable bonds is 5. The molecule has 0 unspecified atom stereocenters. The molecule has 4 aromatic carbocycles. The van der Waals surface area contributed by atoms with Crippen LogP contribution in [0.1, 0.15) is 21.6 Å². The largest absolute Gasteiger partial charge is 0.291 e. The predicted octanol–water partition coefficient (Wildman–Crippen LogP) is 6.53. The number of hydrogen-bond donors (Lipinski definition) is 1. The van der Waals surface area contributed by atoms with Crippen molar-refractivity contribution in [3.05, 3.63) is 118 Å². The molecule has 0 aliphatic heterocycles. The summed E-state index contributed by atoms with van der Waals surface area (Å²) in [6, 6.07) is 31.9. The van der Waals surface area contributed by atoms with E-state index in [0.29, 0.717) is 0 Å². The normalized spacial score (nSPS) is 11.2. The Morgan fingerprint density at radius 3 is 2.59 bits per heavy atom. The van der Waals surface area contributed by atoms with E-state index >= 15 is 0 Å². The monoisotopic (exact) mass is 508 g/mol. The number of hydrogen-bond acceptors (Lipinski definition) is 3. The highest BCUT2D eigenvalue weighted by atomic mass is 79.9. The number of aromatic nitrogens is 2. The molecule has 5 aromatic rings. The standard InChI is InChI=1S/C28H21BrN4O/c1-19-7-4-12-23(15-19)33-27(25-14-6-10-21-9-2-3-13-24(21)25)17-26(32-33)28(34)31-30-18-20-8-5-11-22(29)16-20/h2-18H,1H3,(H,31,34)/b30-18-. The highest BCUT2D eigenvalue weighted by molar-refractivity contribution is 9.10. The molecule has 0 saturated heterocycles. The molecule has 0 aliphatic carbocycles. The molecule has 0 spiro atoms. The number of benzene rings is 4. The van der Waals surface area contributed by atoms with E-state index in [-0.39, 0.29) is 11.6 Å². The number of nitrogens with zero attached hydrogens (tertiary/aromatic N) is 3. The second kappa shape index (κ2) is 9.45. The van der Waals surface area contributed by atoms with Gasteiger partial charge in [0, 0.05) is 10.0 Å². The Morgan fingerprint density at radius 2 is 1.74 bits per heavy atom. The third-order valence-electron chi connectivity index (χ3n) is 5.48. The van der Waals surface area contributed by atoms with Crippen molar-refractivity contribution in [3.8, 4) is 16.9 Å². The van der Waals surface area contributed by atoms with E-state index in [9.17, 15) is 4.79 Å². The number of halogens is 1. The summed E-state index contributed by atoms with van der Waals surface area (Å²) < 4.78 is 2.77. The van der Waals surface area contributed by atoms with Crippen LogP contribution in [0.25, 0.3) is 27.7 Å². The number of carbonyl (C=O) groups excluding carboxylic acids is 1. The average molecular weight is 509 g/mol. The van der Waals surface area contributed by atoms with Crippen LogP contribution in [0.3, 0.4) is 0 Å². The molecule has 0 saturated carbocycles. The molecular weight excluding hydrogens is 488 g/mol. The van der Waals surface area contributed by atoms with Crippen LogP contribution in [0, 0.1) is 6.92 Å². The van der Waals surface area contributed by atoms with Crippen LogP contribution in [-0.2, 0) is 0 Å². The van der Waals surface area contributed by atoms with Crippen molar-refractivity contribution in [2.45, 2.75) is 6.92 Å². The lowest BCUT2D eigenvalue weighted by Gasteiger charge is -2.10. The van der Waals surface area contributed by atoms with Gasteiger partial charge in [-0.15, -0.1) is 0 Å². The fraction of sp³-hybridized carbons (Fsp3) is 0.0357. The van der Waals surface area contributed by atoms with Gasteiger partial charge in [-0.2, -0.15) is 10.2 Å². The maximum absolute atomic E-state index is 13.0. The van der Waals surface area contributed by atoms with Gasteiger partial charge in [-0.25, -0.2) is 10.1 Å². The summed E-state index contributed by atoms with van der Waals surface area (Å²) in [6.07, 6.45) is 1.60. The van der Waals surface area contributed by atoms with Gasteiger partial charge in [0.05, 0.1) is 17.6 Å². The van der Waals surface area contributed by atoms with Gasteiger partial charge in [-0.3, -0.25) is 4.79 Å². The molecule has 0 atom stereocenters. The fourth-order valence-corrected chi connectivity index (χ4v) is 4.32. The van der Waals surface area contributed by atoms with Crippen molar-refractivity contribution < 1.29 is 4.79 Å². The molecule has 5 nitrogen and oxygen atoms in total. The van der Waals surface area contributed by atoms with E-state index in [2.05, 4.69) is 61.9 Å². The number of carbonyl (C=O) groups is 1. The summed E-state index contributed by atoms with van der Waals surface area (Å²) in [7, 11) is 0. The van der Waals surface area contributed by atoms with E-state index in [1.54, 1.807) is 6.21 Å². The predicted molar refractivity (Wildman–Crippen MR) is 140 cm³/mol. The van der Waals surface area contributed by atoms with Crippen molar-refractivity contribution in [2.24, 2.45) is 5.10 Å². The summed E-state index contributed by atoms with van der Waals surface area (Å²) in [5.41, 5.74) is 7.60. The molecule has 1 heterocycles. The lowest BCUT2D eigenvalue weighted by molar-refractivity contribution is 0.0949. The Kier molecular flexibility index (Phi) is 6.06. The van der Waals surface area contributed by atoms with Crippen LogP contribution in [0.5, 0.6) is 0 Å². The van der Waals surface area contributed by atoms with Crippen molar-refractivity contribution in [1.82, 2.24) is 15.2 Å². The lowest BCUT2D eigenvalue weighted by Crippen LogP contribution is -2.18. The molecule has 5 rings (SSSR count). The topological polar surface area (TPSA) is 59.3 Å². The number of nitrogens with one attached hydrogen (secondary N) is 1. The van der Waals surface area contributed by atoms with Gasteiger partial charge < -0.3 is 0 Å². The van der Waals surface area contributed by atoms with Crippen molar-refractivity contribution in [3.63, 3.8) is 0 Å². The molecule has 34 heavy (non-hydrogen) atoms. The highest BCUT2D eigenvalue weighted by Gasteiger charge is 2.18. The molecule has 1 N–H and O–H groups in total. The van der Waals surface area contributed by atoms with Gasteiger partial charge in [0.2, 0.25) is 0 Å². The Hall–Kier alpha value is -4.03. The Bertz CT molecular complexity index is 1530. The highest BCUT2D eigenvalue weighted by Crippen LogP contribution is 2.31. The molecule has 1 aromatic heterocycles. The van der Waals surface area contributed by atoms with Gasteiger partial charge in [-0.05, 0) is 59.2 Å². The van der Waals surface area contributed by atoms with Crippen LogP contribution in [0.15, 0.2) is 107 Å². The summed E-state index contributed by atoms with van der Waals surface area (Å²) in [4.78, 5) is 13.0. The van der Waals surface area contributed by atoms with E-state index in [1.807, 2.05) is 78.3 Å².